The molecule has 1 fully saturated rings. The minimum absolute atomic E-state index is 0.783. The molecule has 1 aliphatic rings. The van der Waals surface area contributed by atoms with Crippen molar-refractivity contribution in [2.45, 2.75) is 59.3 Å². The minimum atomic E-state index is 0.783. The van der Waals surface area contributed by atoms with Crippen LogP contribution in [0.4, 0.5) is 11.6 Å². The van der Waals surface area contributed by atoms with Crippen LogP contribution in [0.15, 0.2) is 6.07 Å². The van der Waals surface area contributed by atoms with Gasteiger partial charge in [0, 0.05) is 25.6 Å². The van der Waals surface area contributed by atoms with E-state index in [1.54, 1.807) is 0 Å². The highest BCUT2D eigenvalue weighted by molar-refractivity contribution is 5.47. The first-order valence-corrected chi connectivity index (χ1v) is 8.58. The average molecular weight is 290 g/mol. The van der Waals surface area contributed by atoms with Gasteiger partial charge in [0.15, 0.2) is 0 Å². The van der Waals surface area contributed by atoms with Crippen molar-refractivity contribution in [3.05, 3.63) is 11.9 Å². The van der Waals surface area contributed by atoms with E-state index in [1.807, 2.05) is 6.07 Å². The monoisotopic (exact) mass is 290 g/mol. The van der Waals surface area contributed by atoms with Gasteiger partial charge in [-0.1, -0.05) is 40.0 Å². The van der Waals surface area contributed by atoms with E-state index in [0.717, 1.165) is 55.2 Å². The lowest BCUT2D eigenvalue weighted by atomic mass is 9.80. The number of nitrogens with one attached hydrogen (secondary N) is 2. The van der Waals surface area contributed by atoms with Crippen LogP contribution in [0, 0.1) is 11.8 Å². The Hall–Kier alpha value is -1.32. The maximum absolute atomic E-state index is 4.61. The fraction of sp³-hybridized carbons (Fsp3) is 0.765. The maximum atomic E-state index is 4.61. The normalized spacial score (nSPS) is 22.0. The van der Waals surface area contributed by atoms with Crippen LogP contribution in [0.3, 0.4) is 0 Å². The van der Waals surface area contributed by atoms with Crippen LogP contribution >= 0.6 is 0 Å². The molecule has 4 heteroatoms. The second kappa shape index (κ2) is 8.20. The zero-order chi connectivity index (χ0) is 15.1. The van der Waals surface area contributed by atoms with E-state index < -0.39 is 0 Å². The van der Waals surface area contributed by atoms with E-state index in [0.29, 0.717) is 0 Å². The highest BCUT2D eigenvalue weighted by Gasteiger charge is 2.21. The summed E-state index contributed by atoms with van der Waals surface area (Å²) < 4.78 is 0. The molecule has 0 aliphatic heterocycles. The smallest absolute Gasteiger partial charge is 0.132 e. The second-order valence-electron chi connectivity index (χ2n) is 6.24. The zero-order valence-corrected chi connectivity index (χ0v) is 13.8. The predicted molar refractivity (Wildman–Crippen MR) is 89.8 cm³/mol. The Morgan fingerprint density at radius 2 is 1.81 bits per heavy atom. The molecule has 2 unspecified atom stereocenters. The quantitative estimate of drug-likeness (QED) is 0.794. The van der Waals surface area contributed by atoms with Crippen molar-refractivity contribution < 1.29 is 0 Å². The third kappa shape index (κ3) is 4.87. The fourth-order valence-electron chi connectivity index (χ4n) is 3.02. The van der Waals surface area contributed by atoms with Gasteiger partial charge in [0.25, 0.3) is 0 Å². The Bertz CT molecular complexity index is 433. The van der Waals surface area contributed by atoms with Crippen LogP contribution in [-0.4, -0.2) is 23.1 Å². The topological polar surface area (TPSA) is 49.8 Å². The molecule has 2 rings (SSSR count). The van der Waals surface area contributed by atoms with Crippen molar-refractivity contribution in [2.24, 2.45) is 11.8 Å². The van der Waals surface area contributed by atoms with E-state index in [-0.39, 0.29) is 0 Å². The number of nitrogens with zero attached hydrogens (tertiary/aromatic N) is 2. The van der Waals surface area contributed by atoms with Crippen molar-refractivity contribution in [2.75, 3.05) is 23.7 Å². The zero-order valence-electron chi connectivity index (χ0n) is 13.8. The molecule has 0 spiro atoms. The number of rotatable bonds is 7. The highest BCUT2D eigenvalue weighted by Crippen LogP contribution is 2.29. The molecule has 2 atom stereocenters. The van der Waals surface area contributed by atoms with E-state index >= 15 is 0 Å². The summed E-state index contributed by atoms with van der Waals surface area (Å²) in [6, 6.07) is 2.04. The third-order valence-electron chi connectivity index (χ3n) is 4.48. The lowest BCUT2D eigenvalue weighted by Crippen LogP contribution is -2.24. The van der Waals surface area contributed by atoms with Gasteiger partial charge in [0.05, 0.1) is 0 Å². The first-order chi connectivity index (χ1) is 10.2. The Morgan fingerprint density at radius 1 is 1.10 bits per heavy atom. The van der Waals surface area contributed by atoms with E-state index in [9.17, 15) is 0 Å². The molecule has 1 aromatic rings. The van der Waals surface area contributed by atoms with Crippen molar-refractivity contribution in [3.63, 3.8) is 0 Å². The van der Waals surface area contributed by atoms with Crippen molar-refractivity contribution >= 4 is 11.6 Å². The molecular formula is C17H30N4. The van der Waals surface area contributed by atoms with Crippen LogP contribution < -0.4 is 10.6 Å². The largest absolute Gasteiger partial charge is 0.370 e. The number of hydrogen-bond donors (Lipinski definition) is 2. The van der Waals surface area contributed by atoms with Gasteiger partial charge in [-0.05, 0) is 24.7 Å². The van der Waals surface area contributed by atoms with Gasteiger partial charge in [-0.25, -0.2) is 9.97 Å². The van der Waals surface area contributed by atoms with E-state index in [4.69, 9.17) is 0 Å². The molecule has 0 bridgehead atoms. The predicted octanol–water partition coefficient (Wildman–Crippen LogP) is 4.10. The third-order valence-corrected chi connectivity index (χ3v) is 4.48. The molecule has 118 valence electrons. The molecule has 2 N–H and O–H groups in total. The fourth-order valence-corrected chi connectivity index (χ4v) is 3.02. The summed E-state index contributed by atoms with van der Waals surface area (Å²) in [6.07, 6.45) is 7.48. The summed E-state index contributed by atoms with van der Waals surface area (Å²) in [6.45, 7) is 8.65. The van der Waals surface area contributed by atoms with Crippen LogP contribution in [0.1, 0.15) is 58.7 Å². The van der Waals surface area contributed by atoms with E-state index in [1.165, 1.54) is 25.7 Å². The number of aromatic nitrogens is 2. The Balaban J connectivity index is 1.97. The first-order valence-electron chi connectivity index (χ1n) is 8.58. The van der Waals surface area contributed by atoms with Gasteiger partial charge >= 0.3 is 0 Å². The van der Waals surface area contributed by atoms with Crippen LogP contribution in [0.2, 0.25) is 0 Å². The van der Waals surface area contributed by atoms with Crippen molar-refractivity contribution in [3.8, 4) is 0 Å². The second-order valence-corrected chi connectivity index (χ2v) is 6.24. The highest BCUT2D eigenvalue weighted by atomic mass is 15.1. The lowest BCUT2D eigenvalue weighted by molar-refractivity contribution is 0.268. The van der Waals surface area contributed by atoms with Crippen LogP contribution in [-0.2, 0) is 6.42 Å². The minimum Gasteiger partial charge on any atom is -0.370 e. The summed E-state index contributed by atoms with van der Waals surface area (Å²) >= 11 is 0. The molecular weight excluding hydrogens is 260 g/mol. The van der Waals surface area contributed by atoms with Gasteiger partial charge in [0.1, 0.15) is 17.5 Å². The SMILES string of the molecule is CCCNc1cc(NCC2CCCCC2C)nc(CC)n1. The number of hydrogen-bond acceptors (Lipinski definition) is 4. The van der Waals surface area contributed by atoms with Gasteiger partial charge in [0.2, 0.25) is 0 Å². The maximum Gasteiger partial charge on any atom is 0.132 e. The molecule has 1 heterocycles. The first kappa shape index (κ1) is 16.1. The van der Waals surface area contributed by atoms with Gasteiger partial charge in [-0.2, -0.15) is 0 Å². The Morgan fingerprint density at radius 3 is 2.48 bits per heavy atom. The number of aryl methyl sites for hydroxylation is 1. The molecule has 21 heavy (non-hydrogen) atoms. The Kier molecular flexibility index (Phi) is 6.27. The molecule has 0 radical (unpaired) electrons. The van der Waals surface area contributed by atoms with Gasteiger partial charge in [-0.3, -0.25) is 0 Å². The van der Waals surface area contributed by atoms with Crippen molar-refractivity contribution in [1.29, 1.82) is 0 Å². The molecule has 1 aromatic heterocycles. The summed E-state index contributed by atoms with van der Waals surface area (Å²) in [5.41, 5.74) is 0. The lowest BCUT2D eigenvalue weighted by Gasteiger charge is -2.29. The molecule has 1 saturated carbocycles. The standard InChI is InChI=1S/C17H30N4/c1-4-10-18-16-11-17(21-15(5-2)20-16)19-12-14-9-7-6-8-13(14)3/h11,13-14H,4-10,12H2,1-3H3,(H2,18,19,20,21). The average Bonchev–Trinajstić information content (AvgIpc) is 2.52. The van der Waals surface area contributed by atoms with E-state index in [2.05, 4.69) is 41.4 Å². The summed E-state index contributed by atoms with van der Waals surface area (Å²) in [5.74, 6) is 4.44. The molecule has 0 amide bonds. The molecule has 0 aromatic carbocycles. The van der Waals surface area contributed by atoms with Crippen LogP contribution in [0.25, 0.3) is 0 Å². The molecule has 4 nitrogen and oxygen atoms in total. The summed E-state index contributed by atoms with van der Waals surface area (Å²) in [5, 5.41) is 6.91. The van der Waals surface area contributed by atoms with Crippen LogP contribution in [0.5, 0.6) is 0 Å². The summed E-state index contributed by atoms with van der Waals surface area (Å²) in [7, 11) is 0. The van der Waals surface area contributed by atoms with Crippen molar-refractivity contribution in [1.82, 2.24) is 9.97 Å². The molecule has 1 aliphatic carbocycles. The van der Waals surface area contributed by atoms with Gasteiger partial charge < -0.3 is 10.6 Å². The number of anilines is 2. The molecule has 0 saturated heterocycles. The van der Waals surface area contributed by atoms with Gasteiger partial charge in [-0.15, -0.1) is 0 Å². The summed E-state index contributed by atoms with van der Waals surface area (Å²) in [4.78, 5) is 9.14. The Labute approximate surface area is 129 Å².